The Morgan fingerprint density at radius 1 is 1.62 bits per heavy atom. The van der Waals surface area contributed by atoms with Gasteiger partial charge in [0.15, 0.2) is 0 Å². The number of carbonyl (C=O) groups is 1. The Morgan fingerprint density at radius 2 is 2.25 bits per heavy atom. The predicted molar refractivity (Wildman–Crippen MR) is 60.4 cm³/mol. The number of hydrogen-bond donors (Lipinski definition) is 2. The van der Waals surface area contributed by atoms with Crippen molar-refractivity contribution in [1.82, 2.24) is 0 Å². The molecule has 1 atom stereocenters. The van der Waals surface area contributed by atoms with E-state index in [1.54, 1.807) is 0 Å². The van der Waals surface area contributed by atoms with Gasteiger partial charge < -0.3 is 11.1 Å². The molecular weight excluding hydrogens is 234 g/mol. The van der Waals surface area contributed by atoms with Crippen molar-refractivity contribution in [3.63, 3.8) is 0 Å². The molecule has 0 aliphatic carbocycles. The summed E-state index contributed by atoms with van der Waals surface area (Å²) in [5.41, 5.74) is 5.51. The monoisotopic (exact) mass is 243 g/mol. The normalized spacial score (nSPS) is 11.9. The van der Waals surface area contributed by atoms with Crippen LogP contribution in [0.4, 0.5) is 11.4 Å². The number of amides is 1. The van der Waals surface area contributed by atoms with Gasteiger partial charge in [-0.3, -0.25) is 14.9 Å². The zero-order valence-electron chi connectivity index (χ0n) is 8.44. The molecule has 1 rings (SSSR count). The lowest BCUT2D eigenvalue weighted by Gasteiger charge is -2.08. The van der Waals surface area contributed by atoms with Gasteiger partial charge in [-0.1, -0.05) is 11.6 Å². The van der Waals surface area contributed by atoms with Crippen LogP contribution in [0.15, 0.2) is 18.2 Å². The number of halogens is 1. The smallest absolute Gasteiger partial charge is 0.271 e. The van der Waals surface area contributed by atoms with E-state index in [0.29, 0.717) is 5.69 Å². The highest BCUT2D eigenvalue weighted by Crippen LogP contribution is 2.26. The molecule has 1 aromatic rings. The van der Waals surface area contributed by atoms with Gasteiger partial charge in [0, 0.05) is 12.1 Å². The summed E-state index contributed by atoms with van der Waals surface area (Å²) in [6.45, 7) is 1.52. The molecule has 3 N–H and O–H groups in total. The molecule has 0 saturated heterocycles. The first-order chi connectivity index (χ1) is 7.41. The highest BCUT2D eigenvalue weighted by Gasteiger charge is 2.13. The molecule has 0 fully saturated rings. The molecule has 0 radical (unpaired) electrons. The third-order valence-electron chi connectivity index (χ3n) is 1.83. The van der Waals surface area contributed by atoms with Gasteiger partial charge in [-0.2, -0.15) is 0 Å². The third-order valence-corrected chi connectivity index (χ3v) is 2.15. The Morgan fingerprint density at radius 3 is 2.69 bits per heavy atom. The van der Waals surface area contributed by atoms with Gasteiger partial charge >= 0.3 is 0 Å². The Labute approximate surface area is 96.5 Å². The second-order valence-corrected chi connectivity index (χ2v) is 3.61. The zero-order valence-corrected chi connectivity index (χ0v) is 9.19. The van der Waals surface area contributed by atoms with Crippen LogP contribution in [0.25, 0.3) is 0 Å². The number of benzene rings is 1. The molecule has 1 amide bonds. The van der Waals surface area contributed by atoms with Crippen LogP contribution >= 0.6 is 11.6 Å². The van der Waals surface area contributed by atoms with E-state index < -0.39 is 16.9 Å². The fraction of sp³-hybridized carbons (Fsp3) is 0.222. The average Bonchev–Trinajstić information content (AvgIpc) is 2.20. The first kappa shape index (κ1) is 12.4. The zero-order chi connectivity index (χ0) is 12.3. The Kier molecular flexibility index (Phi) is 3.81. The molecule has 6 nitrogen and oxygen atoms in total. The summed E-state index contributed by atoms with van der Waals surface area (Å²) >= 11 is 5.76. The van der Waals surface area contributed by atoms with Crippen LogP contribution in [-0.2, 0) is 4.79 Å². The lowest BCUT2D eigenvalue weighted by molar-refractivity contribution is -0.384. The summed E-state index contributed by atoms with van der Waals surface area (Å²) < 4.78 is 0. The maximum atomic E-state index is 11.3. The number of non-ortho nitro benzene ring substituents is 1. The van der Waals surface area contributed by atoms with E-state index in [1.807, 2.05) is 0 Å². The van der Waals surface area contributed by atoms with E-state index in [1.165, 1.54) is 25.1 Å². The van der Waals surface area contributed by atoms with Crippen LogP contribution in [0.1, 0.15) is 6.92 Å². The number of nitrogens with two attached hydrogens (primary N) is 1. The summed E-state index contributed by atoms with van der Waals surface area (Å²) in [5, 5.41) is 13.0. The average molecular weight is 244 g/mol. The van der Waals surface area contributed by atoms with Crippen LogP contribution in [-0.4, -0.2) is 16.9 Å². The number of nitrogens with zero attached hydrogens (tertiary/aromatic N) is 1. The summed E-state index contributed by atoms with van der Waals surface area (Å²) in [6, 6.07) is 3.10. The molecule has 0 bridgehead atoms. The van der Waals surface area contributed by atoms with Crippen molar-refractivity contribution in [1.29, 1.82) is 0 Å². The third kappa shape index (κ3) is 2.91. The fourth-order valence-electron chi connectivity index (χ4n) is 0.966. The van der Waals surface area contributed by atoms with Crippen molar-refractivity contribution in [2.75, 3.05) is 5.32 Å². The maximum absolute atomic E-state index is 11.3. The first-order valence-electron chi connectivity index (χ1n) is 4.42. The SMILES string of the molecule is CC(N)C(=O)Nc1ccc([N+](=O)[O-])cc1Cl. The first-order valence-corrected chi connectivity index (χ1v) is 4.80. The number of nitro groups is 1. The molecule has 86 valence electrons. The largest absolute Gasteiger partial charge is 0.323 e. The molecule has 0 aliphatic rings. The second-order valence-electron chi connectivity index (χ2n) is 3.20. The van der Waals surface area contributed by atoms with Crippen LogP contribution in [0.5, 0.6) is 0 Å². The van der Waals surface area contributed by atoms with Gasteiger partial charge in [-0.25, -0.2) is 0 Å². The number of hydrogen-bond acceptors (Lipinski definition) is 4. The van der Waals surface area contributed by atoms with Crippen LogP contribution in [0, 0.1) is 10.1 Å². The Balaban J connectivity index is 2.91. The van der Waals surface area contributed by atoms with E-state index in [-0.39, 0.29) is 10.7 Å². The molecular formula is C9H10ClN3O3. The lowest BCUT2D eigenvalue weighted by atomic mass is 10.2. The topological polar surface area (TPSA) is 98.3 Å². The molecule has 1 unspecified atom stereocenters. The summed E-state index contributed by atoms with van der Waals surface area (Å²) in [5.74, 6) is -0.407. The minimum absolute atomic E-state index is 0.100. The van der Waals surface area contributed by atoms with Crippen LogP contribution in [0.3, 0.4) is 0 Å². The van der Waals surface area contributed by atoms with E-state index >= 15 is 0 Å². The highest BCUT2D eigenvalue weighted by molar-refractivity contribution is 6.34. The Bertz CT molecular complexity index is 434. The molecule has 7 heteroatoms. The van der Waals surface area contributed by atoms with E-state index in [9.17, 15) is 14.9 Å². The molecule has 16 heavy (non-hydrogen) atoms. The lowest BCUT2D eigenvalue weighted by Crippen LogP contribution is -2.32. The number of carbonyl (C=O) groups excluding carboxylic acids is 1. The number of nitro benzene ring substituents is 1. The van der Waals surface area contributed by atoms with Crippen molar-refractivity contribution in [3.05, 3.63) is 33.3 Å². The van der Waals surface area contributed by atoms with Gasteiger partial charge in [-0.15, -0.1) is 0 Å². The van der Waals surface area contributed by atoms with Gasteiger partial charge in [0.1, 0.15) is 0 Å². The number of rotatable bonds is 3. The van der Waals surface area contributed by atoms with E-state index in [2.05, 4.69) is 5.32 Å². The summed E-state index contributed by atoms with van der Waals surface area (Å²) in [7, 11) is 0. The van der Waals surface area contributed by atoms with E-state index in [0.717, 1.165) is 0 Å². The quantitative estimate of drug-likeness (QED) is 0.621. The van der Waals surface area contributed by atoms with Gasteiger partial charge in [0.2, 0.25) is 5.91 Å². The van der Waals surface area contributed by atoms with Gasteiger partial charge in [0.25, 0.3) is 5.69 Å². The molecule has 0 heterocycles. The van der Waals surface area contributed by atoms with Crippen molar-refractivity contribution in [3.8, 4) is 0 Å². The minimum Gasteiger partial charge on any atom is -0.323 e. The van der Waals surface area contributed by atoms with Gasteiger partial charge in [0.05, 0.1) is 21.7 Å². The van der Waals surface area contributed by atoms with Crippen LogP contribution < -0.4 is 11.1 Å². The number of anilines is 1. The molecule has 0 aliphatic heterocycles. The van der Waals surface area contributed by atoms with Crippen LogP contribution in [0.2, 0.25) is 5.02 Å². The molecule has 0 spiro atoms. The standard InChI is InChI=1S/C9H10ClN3O3/c1-5(11)9(14)12-8-3-2-6(13(15)16)4-7(8)10/h2-5H,11H2,1H3,(H,12,14). The minimum atomic E-state index is -0.675. The summed E-state index contributed by atoms with van der Waals surface area (Å²) in [4.78, 5) is 21.1. The fourth-order valence-corrected chi connectivity index (χ4v) is 1.19. The van der Waals surface area contributed by atoms with Crippen molar-refractivity contribution >= 4 is 28.9 Å². The molecule has 0 saturated carbocycles. The second kappa shape index (κ2) is 4.91. The van der Waals surface area contributed by atoms with Crippen molar-refractivity contribution in [2.45, 2.75) is 13.0 Å². The molecule has 1 aromatic carbocycles. The van der Waals surface area contributed by atoms with Crippen molar-refractivity contribution < 1.29 is 9.72 Å². The van der Waals surface area contributed by atoms with E-state index in [4.69, 9.17) is 17.3 Å². The summed E-state index contributed by atoms with van der Waals surface area (Å²) in [6.07, 6.45) is 0. The number of nitrogens with one attached hydrogen (secondary N) is 1. The Hall–Kier alpha value is -1.66. The predicted octanol–water partition coefficient (Wildman–Crippen LogP) is 1.53. The van der Waals surface area contributed by atoms with Crippen molar-refractivity contribution in [2.24, 2.45) is 5.73 Å². The maximum Gasteiger partial charge on any atom is 0.271 e. The molecule has 0 aromatic heterocycles. The van der Waals surface area contributed by atoms with Gasteiger partial charge in [-0.05, 0) is 13.0 Å². The highest BCUT2D eigenvalue weighted by atomic mass is 35.5.